The molecule has 6 nitrogen and oxygen atoms in total. The van der Waals surface area contributed by atoms with E-state index >= 15 is 0 Å². The van der Waals surface area contributed by atoms with E-state index in [-0.39, 0.29) is 12.5 Å². The van der Waals surface area contributed by atoms with Crippen LogP contribution in [0.25, 0.3) is 22.2 Å². The number of hydrogen-bond donors (Lipinski definition) is 0. The molecule has 0 aliphatic heterocycles. The molecule has 0 fully saturated rings. The zero-order valence-corrected chi connectivity index (χ0v) is 15.4. The first-order valence-electron chi connectivity index (χ1n) is 9.06. The van der Waals surface area contributed by atoms with E-state index in [1.807, 2.05) is 61.5 Å². The molecule has 2 heterocycles. The molecule has 2 aromatic carbocycles. The van der Waals surface area contributed by atoms with Gasteiger partial charge >= 0.3 is 5.76 Å². The third kappa shape index (κ3) is 3.32. The number of hydrogen-bond acceptors (Lipinski definition) is 4. The topological polar surface area (TPSA) is 68.3 Å². The second-order valence-corrected chi connectivity index (χ2v) is 6.35. The summed E-state index contributed by atoms with van der Waals surface area (Å²) >= 11 is 0. The van der Waals surface area contributed by atoms with Crippen LogP contribution in [0.5, 0.6) is 0 Å². The van der Waals surface area contributed by atoms with Crippen molar-refractivity contribution in [2.24, 2.45) is 0 Å². The van der Waals surface area contributed by atoms with Crippen molar-refractivity contribution in [3.63, 3.8) is 0 Å². The normalized spacial score (nSPS) is 10.9. The van der Waals surface area contributed by atoms with Crippen molar-refractivity contribution in [2.45, 2.75) is 13.5 Å². The second-order valence-electron chi connectivity index (χ2n) is 6.35. The minimum atomic E-state index is -0.542. The van der Waals surface area contributed by atoms with Gasteiger partial charge in [0.15, 0.2) is 5.58 Å². The highest BCUT2D eigenvalue weighted by Gasteiger charge is 2.18. The van der Waals surface area contributed by atoms with E-state index in [9.17, 15) is 9.59 Å². The average Bonchev–Trinajstić information content (AvgIpc) is 3.04. The Balaban J connectivity index is 1.71. The van der Waals surface area contributed by atoms with Gasteiger partial charge in [0, 0.05) is 24.6 Å². The van der Waals surface area contributed by atoms with Gasteiger partial charge in [-0.2, -0.15) is 0 Å². The van der Waals surface area contributed by atoms with Gasteiger partial charge in [0.05, 0.1) is 5.52 Å². The summed E-state index contributed by atoms with van der Waals surface area (Å²) < 4.78 is 6.72. The highest BCUT2D eigenvalue weighted by molar-refractivity contribution is 5.94. The van der Waals surface area contributed by atoms with E-state index < -0.39 is 5.76 Å². The zero-order valence-electron chi connectivity index (χ0n) is 15.4. The number of aromatic nitrogens is 2. The maximum Gasteiger partial charge on any atom is 0.420 e. The molecule has 28 heavy (non-hydrogen) atoms. The number of pyridine rings is 1. The Labute approximate surface area is 161 Å². The van der Waals surface area contributed by atoms with Crippen LogP contribution >= 0.6 is 0 Å². The van der Waals surface area contributed by atoms with E-state index in [2.05, 4.69) is 4.98 Å². The van der Waals surface area contributed by atoms with Crippen molar-refractivity contribution in [3.05, 3.63) is 83.6 Å². The zero-order chi connectivity index (χ0) is 19.5. The summed E-state index contributed by atoms with van der Waals surface area (Å²) in [7, 11) is 0. The van der Waals surface area contributed by atoms with Gasteiger partial charge in [0.25, 0.3) is 0 Å². The summed E-state index contributed by atoms with van der Waals surface area (Å²) in [6.45, 7) is 2.33. The fraction of sp³-hybridized carbons (Fsp3) is 0.136. The molecule has 2 aromatic heterocycles. The summed E-state index contributed by atoms with van der Waals surface area (Å²) in [5.74, 6) is -0.716. The highest BCUT2D eigenvalue weighted by Crippen LogP contribution is 2.24. The number of amides is 1. The predicted octanol–water partition coefficient (Wildman–Crippen LogP) is 3.71. The van der Waals surface area contributed by atoms with E-state index in [1.54, 1.807) is 23.4 Å². The fourth-order valence-corrected chi connectivity index (χ4v) is 3.27. The first kappa shape index (κ1) is 17.7. The van der Waals surface area contributed by atoms with Crippen LogP contribution in [0.3, 0.4) is 0 Å². The molecule has 0 saturated carbocycles. The lowest BCUT2D eigenvalue weighted by molar-refractivity contribution is -0.119. The van der Waals surface area contributed by atoms with Crippen LogP contribution in [0.15, 0.2) is 82.3 Å². The molecule has 4 aromatic rings. The maximum absolute atomic E-state index is 12.9. The molecule has 140 valence electrons. The molecule has 1 amide bonds. The summed E-state index contributed by atoms with van der Waals surface area (Å²) in [5, 5.41) is 0. The van der Waals surface area contributed by atoms with Gasteiger partial charge in [-0.15, -0.1) is 0 Å². The number of oxazole rings is 1. The molecule has 0 aliphatic carbocycles. The molecule has 0 radical (unpaired) electrons. The molecule has 0 unspecified atom stereocenters. The van der Waals surface area contributed by atoms with Crippen molar-refractivity contribution < 1.29 is 9.21 Å². The largest absolute Gasteiger partial charge is 0.420 e. The number of para-hydroxylation sites is 1. The van der Waals surface area contributed by atoms with Crippen molar-refractivity contribution >= 4 is 22.7 Å². The maximum atomic E-state index is 12.9. The average molecular weight is 373 g/mol. The van der Waals surface area contributed by atoms with E-state index in [0.717, 1.165) is 16.8 Å². The van der Waals surface area contributed by atoms with Gasteiger partial charge in [-0.05, 0) is 54.4 Å². The first-order valence-corrected chi connectivity index (χ1v) is 9.06. The molecule has 0 N–H and O–H groups in total. The third-order valence-electron chi connectivity index (χ3n) is 4.66. The lowest BCUT2D eigenvalue weighted by atomic mass is 10.1. The lowest BCUT2D eigenvalue weighted by Crippen LogP contribution is -2.35. The van der Waals surface area contributed by atoms with E-state index in [0.29, 0.717) is 17.6 Å². The number of benzene rings is 2. The van der Waals surface area contributed by atoms with Crippen molar-refractivity contribution in [1.82, 2.24) is 9.55 Å². The number of fused-ring (bicyclic) bond motifs is 1. The van der Waals surface area contributed by atoms with Crippen LogP contribution in [0, 0.1) is 0 Å². The van der Waals surface area contributed by atoms with Crippen LogP contribution in [0.2, 0.25) is 0 Å². The van der Waals surface area contributed by atoms with Gasteiger partial charge < -0.3 is 9.32 Å². The number of rotatable bonds is 5. The van der Waals surface area contributed by atoms with Crippen LogP contribution in [-0.2, 0) is 11.3 Å². The monoisotopic (exact) mass is 373 g/mol. The molecule has 0 bridgehead atoms. The highest BCUT2D eigenvalue weighted by atomic mass is 16.4. The van der Waals surface area contributed by atoms with Crippen molar-refractivity contribution in [1.29, 1.82) is 0 Å². The number of nitrogens with zero attached hydrogens (tertiary/aromatic N) is 3. The Hall–Kier alpha value is -3.67. The lowest BCUT2D eigenvalue weighted by Gasteiger charge is -2.21. The van der Waals surface area contributed by atoms with Crippen molar-refractivity contribution in [3.8, 4) is 11.1 Å². The predicted molar refractivity (Wildman–Crippen MR) is 108 cm³/mol. The Kier molecular flexibility index (Phi) is 4.76. The smallest absolute Gasteiger partial charge is 0.408 e. The van der Waals surface area contributed by atoms with Crippen LogP contribution < -0.4 is 10.7 Å². The standard InChI is InChI=1S/C22H19N3O3/c1-2-24(18-6-4-3-5-7-18)21(26)15-25-19-14-17(16-10-12-23-13-11-16)8-9-20(19)28-22(25)27/h3-14H,2,15H2,1H3. The van der Waals surface area contributed by atoms with Gasteiger partial charge in [-0.3, -0.25) is 14.3 Å². The number of carbonyl (C=O) groups is 1. The summed E-state index contributed by atoms with van der Waals surface area (Å²) in [6.07, 6.45) is 3.43. The first-order chi connectivity index (χ1) is 13.7. The molecule has 0 aliphatic rings. The molecular weight excluding hydrogens is 354 g/mol. The van der Waals surface area contributed by atoms with E-state index in [1.165, 1.54) is 4.57 Å². The fourth-order valence-electron chi connectivity index (χ4n) is 3.27. The Morgan fingerprint density at radius 1 is 1.04 bits per heavy atom. The third-order valence-corrected chi connectivity index (χ3v) is 4.66. The number of carbonyl (C=O) groups excluding carboxylic acids is 1. The van der Waals surface area contributed by atoms with E-state index in [4.69, 9.17) is 4.42 Å². The molecule has 0 atom stereocenters. The SMILES string of the molecule is CCN(C(=O)Cn1c(=O)oc2ccc(-c3ccncc3)cc21)c1ccccc1. The number of anilines is 1. The minimum Gasteiger partial charge on any atom is -0.408 e. The quantitative estimate of drug-likeness (QED) is 0.535. The Bertz CT molecular complexity index is 1160. The summed E-state index contributed by atoms with van der Waals surface area (Å²) in [5.41, 5.74) is 3.75. The van der Waals surface area contributed by atoms with Crippen LogP contribution in [-0.4, -0.2) is 22.0 Å². The summed E-state index contributed by atoms with van der Waals surface area (Å²) in [4.78, 5) is 31.0. The van der Waals surface area contributed by atoms with Gasteiger partial charge in [-0.1, -0.05) is 24.3 Å². The minimum absolute atomic E-state index is 0.0889. The number of likely N-dealkylation sites (N-methyl/N-ethyl adjacent to an activating group) is 1. The van der Waals surface area contributed by atoms with Crippen LogP contribution in [0.1, 0.15) is 6.92 Å². The van der Waals surface area contributed by atoms with Gasteiger partial charge in [0.1, 0.15) is 6.54 Å². The Morgan fingerprint density at radius 2 is 1.79 bits per heavy atom. The molecule has 4 rings (SSSR count). The van der Waals surface area contributed by atoms with Crippen LogP contribution in [0.4, 0.5) is 5.69 Å². The molecular formula is C22H19N3O3. The second kappa shape index (κ2) is 7.52. The van der Waals surface area contributed by atoms with Crippen molar-refractivity contribution in [2.75, 3.05) is 11.4 Å². The van der Waals surface area contributed by atoms with Gasteiger partial charge in [-0.25, -0.2) is 4.79 Å². The Morgan fingerprint density at radius 3 is 2.50 bits per heavy atom. The molecule has 0 saturated heterocycles. The summed E-state index contributed by atoms with van der Waals surface area (Å²) in [6, 6.07) is 18.7. The molecule has 6 heteroatoms. The molecule has 0 spiro atoms. The van der Waals surface area contributed by atoms with Gasteiger partial charge in [0.2, 0.25) is 5.91 Å².